The van der Waals surface area contributed by atoms with Crippen LogP contribution in [0.25, 0.3) is 0 Å². The number of alkyl halides is 5. The fourth-order valence-electron chi connectivity index (χ4n) is 1.14. The van der Waals surface area contributed by atoms with E-state index in [4.69, 9.17) is 0 Å². The molecule has 7 heteroatoms. The average Bonchev–Trinajstić information content (AvgIpc) is 2.00. The Bertz CT molecular complexity index is 374. The second-order valence-corrected chi connectivity index (χ2v) is 3.55. The van der Waals surface area contributed by atoms with E-state index in [1.807, 2.05) is 0 Å². The molecule has 0 atom stereocenters. The summed E-state index contributed by atoms with van der Waals surface area (Å²) in [6.45, 7) is 0.997. The Morgan fingerprint density at radius 2 is 1.87 bits per heavy atom. The molecule has 0 fully saturated rings. The number of halogens is 6. The van der Waals surface area contributed by atoms with Gasteiger partial charge in [0.25, 0.3) is 6.43 Å². The van der Waals surface area contributed by atoms with Gasteiger partial charge in [0.1, 0.15) is 4.60 Å². The molecule has 0 radical (unpaired) electrons. The minimum absolute atomic E-state index is 0.475. The summed E-state index contributed by atoms with van der Waals surface area (Å²) in [4.78, 5) is 3.24. The number of aromatic nitrogens is 1. The number of pyridine rings is 1. The summed E-state index contributed by atoms with van der Waals surface area (Å²) in [6, 6.07) is 0. The summed E-state index contributed by atoms with van der Waals surface area (Å²) in [5, 5.41) is 0. The molecule has 0 bridgehead atoms. The third kappa shape index (κ3) is 2.45. The summed E-state index contributed by atoms with van der Waals surface area (Å²) in [5.74, 6) is 0. The lowest BCUT2D eigenvalue weighted by atomic mass is 10.1. The smallest absolute Gasteiger partial charge is 0.248 e. The summed E-state index contributed by atoms with van der Waals surface area (Å²) < 4.78 is 61.4. The molecular formula is C8H5BrF5N. The topological polar surface area (TPSA) is 12.9 Å². The first-order chi connectivity index (χ1) is 6.75. The zero-order chi connectivity index (χ0) is 11.8. The van der Waals surface area contributed by atoms with Crippen molar-refractivity contribution in [2.45, 2.75) is 19.5 Å². The van der Waals surface area contributed by atoms with Crippen LogP contribution in [0, 0.1) is 6.92 Å². The van der Waals surface area contributed by atoms with Crippen molar-refractivity contribution in [3.05, 3.63) is 27.5 Å². The molecule has 0 aliphatic rings. The van der Waals surface area contributed by atoms with Gasteiger partial charge in [-0.25, -0.2) is 13.8 Å². The summed E-state index contributed by atoms with van der Waals surface area (Å²) in [6.07, 6.45) is -6.92. The highest BCUT2D eigenvalue weighted by molar-refractivity contribution is 9.10. The Balaban J connectivity index is 3.44. The molecule has 1 aromatic heterocycles. The lowest BCUT2D eigenvalue weighted by molar-refractivity contribution is -0.139. The largest absolute Gasteiger partial charge is 0.419 e. The molecule has 0 N–H and O–H groups in total. The third-order valence-corrected chi connectivity index (χ3v) is 2.45. The Morgan fingerprint density at radius 1 is 1.33 bits per heavy atom. The van der Waals surface area contributed by atoms with Gasteiger partial charge in [-0.3, -0.25) is 0 Å². The normalized spacial score (nSPS) is 12.3. The van der Waals surface area contributed by atoms with Gasteiger partial charge in [0, 0.05) is 11.8 Å². The maximum Gasteiger partial charge on any atom is 0.419 e. The molecule has 0 amide bonds. The fourth-order valence-corrected chi connectivity index (χ4v) is 1.76. The van der Waals surface area contributed by atoms with E-state index in [1.54, 1.807) is 0 Å². The van der Waals surface area contributed by atoms with Gasteiger partial charge >= 0.3 is 6.18 Å². The van der Waals surface area contributed by atoms with Gasteiger partial charge in [0.05, 0.1) is 5.56 Å². The summed E-state index contributed by atoms with van der Waals surface area (Å²) in [5.41, 5.74) is -2.36. The van der Waals surface area contributed by atoms with Gasteiger partial charge in [-0.15, -0.1) is 0 Å². The SMILES string of the molecule is Cc1c(C(F)F)cnc(Br)c1C(F)(F)F. The minimum Gasteiger partial charge on any atom is -0.248 e. The Hall–Kier alpha value is -0.720. The van der Waals surface area contributed by atoms with E-state index in [9.17, 15) is 22.0 Å². The predicted octanol–water partition coefficient (Wildman–Crippen LogP) is 4.11. The van der Waals surface area contributed by atoms with E-state index >= 15 is 0 Å². The second kappa shape index (κ2) is 4.03. The lowest BCUT2D eigenvalue weighted by Gasteiger charge is -2.14. The molecule has 84 valence electrons. The second-order valence-electron chi connectivity index (χ2n) is 2.80. The molecular weight excluding hydrogens is 285 g/mol. The Labute approximate surface area is 90.4 Å². The van der Waals surface area contributed by atoms with Crippen LogP contribution >= 0.6 is 15.9 Å². The molecule has 0 saturated heterocycles. The third-order valence-electron chi connectivity index (χ3n) is 1.85. The van der Waals surface area contributed by atoms with Crippen LogP contribution in [0.1, 0.15) is 23.1 Å². The van der Waals surface area contributed by atoms with Gasteiger partial charge in [-0.05, 0) is 28.4 Å². The molecule has 0 aromatic carbocycles. The van der Waals surface area contributed by atoms with Gasteiger partial charge in [0.2, 0.25) is 0 Å². The standard InChI is InChI=1S/C8H5BrF5N/c1-3-4(7(10)11)2-15-6(9)5(3)8(12,13)14/h2,7H,1H3. The van der Waals surface area contributed by atoms with Crippen molar-refractivity contribution in [3.8, 4) is 0 Å². The quantitative estimate of drug-likeness (QED) is 0.560. The van der Waals surface area contributed by atoms with E-state index in [0.29, 0.717) is 0 Å². The Kier molecular flexibility index (Phi) is 3.32. The number of rotatable bonds is 1. The fraction of sp³-hybridized carbons (Fsp3) is 0.375. The van der Waals surface area contributed by atoms with E-state index < -0.39 is 33.9 Å². The molecule has 0 saturated carbocycles. The molecule has 0 spiro atoms. The molecule has 15 heavy (non-hydrogen) atoms. The van der Waals surface area contributed by atoms with Gasteiger partial charge in [-0.2, -0.15) is 13.2 Å². The summed E-state index contributed by atoms with van der Waals surface area (Å²) >= 11 is 2.59. The first-order valence-electron chi connectivity index (χ1n) is 3.75. The van der Waals surface area contributed by atoms with Crippen molar-refractivity contribution in [1.29, 1.82) is 0 Å². The Morgan fingerprint density at radius 3 is 2.27 bits per heavy atom. The van der Waals surface area contributed by atoms with Gasteiger partial charge in [-0.1, -0.05) is 0 Å². The number of hydrogen-bond donors (Lipinski definition) is 0. The summed E-state index contributed by atoms with van der Waals surface area (Å²) in [7, 11) is 0. The average molecular weight is 290 g/mol. The van der Waals surface area contributed by atoms with Crippen LogP contribution in [0.15, 0.2) is 10.8 Å². The molecule has 1 nitrogen and oxygen atoms in total. The zero-order valence-electron chi connectivity index (χ0n) is 7.37. The first kappa shape index (κ1) is 12.4. The van der Waals surface area contributed by atoms with Crippen LogP contribution in [-0.2, 0) is 6.18 Å². The number of hydrogen-bond acceptors (Lipinski definition) is 1. The highest BCUT2D eigenvalue weighted by atomic mass is 79.9. The van der Waals surface area contributed by atoms with Crippen LogP contribution in [-0.4, -0.2) is 4.98 Å². The maximum atomic E-state index is 12.4. The van der Waals surface area contributed by atoms with Crippen LogP contribution in [0.4, 0.5) is 22.0 Å². The minimum atomic E-state index is -4.69. The van der Waals surface area contributed by atoms with Crippen LogP contribution in [0.3, 0.4) is 0 Å². The molecule has 0 aliphatic carbocycles. The molecule has 0 unspecified atom stereocenters. The van der Waals surface area contributed by atoms with E-state index in [1.165, 1.54) is 0 Å². The maximum absolute atomic E-state index is 12.4. The van der Waals surface area contributed by atoms with E-state index in [2.05, 4.69) is 20.9 Å². The van der Waals surface area contributed by atoms with Crippen molar-refractivity contribution >= 4 is 15.9 Å². The molecule has 0 aliphatic heterocycles. The monoisotopic (exact) mass is 289 g/mol. The highest BCUT2D eigenvalue weighted by Gasteiger charge is 2.37. The van der Waals surface area contributed by atoms with Gasteiger partial charge < -0.3 is 0 Å². The van der Waals surface area contributed by atoms with Crippen LogP contribution in [0.5, 0.6) is 0 Å². The van der Waals surface area contributed by atoms with Crippen molar-refractivity contribution in [3.63, 3.8) is 0 Å². The van der Waals surface area contributed by atoms with Crippen LogP contribution < -0.4 is 0 Å². The van der Waals surface area contributed by atoms with Crippen molar-refractivity contribution in [2.24, 2.45) is 0 Å². The molecule has 1 aromatic rings. The van der Waals surface area contributed by atoms with E-state index in [0.717, 1.165) is 13.1 Å². The molecule has 1 heterocycles. The lowest BCUT2D eigenvalue weighted by Crippen LogP contribution is -2.11. The highest BCUT2D eigenvalue weighted by Crippen LogP contribution is 2.38. The van der Waals surface area contributed by atoms with Crippen molar-refractivity contribution in [1.82, 2.24) is 4.98 Å². The van der Waals surface area contributed by atoms with Crippen molar-refractivity contribution in [2.75, 3.05) is 0 Å². The van der Waals surface area contributed by atoms with E-state index in [-0.39, 0.29) is 0 Å². The molecule has 1 rings (SSSR count). The van der Waals surface area contributed by atoms with Crippen LogP contribution in [0.2, 0.25) is 0 Å². The predicted molar refractivity (Wildman–Crippen MR) is 46.6 cm³/mol. The first-order valence-corrected chi connectivity index (χ1v) is 4.54. The number of nitrogens with zero attached hydrogens (tertiary/aromatic N) is 1. The zero-order valence-corrected chi connectivity index (χ0v) is 8.96. The van der Waals surface area contributed by atoms with Crippen molar-refractivity contribution < 1.29 is 22.0 Å². The van der Waals surface area contributed by atoms with Gasteiger partial charge in [0.15, 0.2) is 0 Å².